The van der Waals surface area contributed by atoms with Crippen molar-refractivity contribution in [2.45, 2.75) is 31.9 Å². The van der Waals surface area contributed by atoms with Crippen LogP contribution in [0.2, 0.25) is 0 Å². The van der Waals surface area contributed by atoms with E-state index in [-0.39, 0.29) is 13.0 Å². The van der Waals surface area contributed by atoms with Gasteiger partial charge in [0.15, 0.2) is 0 Å². The van der Waals surface area contributed by atoms with E-state index in [1.165, 1.54) is 0 Å². The van der Waals surface area contributed by atoms with Crippen LogP contribution in [-0.2, 0) is 9.53 Å². The van der Waals surface area contributed by atoms with Gasteiger partial charge in [-0.2, -0.15) is 0 Å². The number of aliphatic carboxylic acids is 1. The Hall–Kier alpha value is -1.34. The van der Waals surface area contributed by atoms with Gasteiger partial charge in [0.2, 0.25) is 0 Å². The molecule has 0 aromatic rings. The second kappa shape index (κ2) is 7.17. The molecule has 1 aliphatic rings. The predicted octanol–water partition coefficient (Wildman–Crippen LogP) is -0.358. The Morgan fingerprint density at radius 1 is 1.50 bits per heavy atom. The Kier molecular flexibility index (Phi) is 5.87. The zero-order valence-electron chi connectivity index (χ0n) is 10.5. The highest BCUT2D eigenvalue weighted by atomic mass is 16.5. The first-order valence-electron chi connectivity index (χ1n) is 6.09. The summed E-state index contributed by atoms with van der Waals surface area (Å²) in [5.74, 6) is -1.09. The number of likely N-dealkylation sites (tertiary alicyclic amines) is 1. The number of aliphatic hydroxyl groups is 1. The number of hydrogen-bond acceptors (Lipinski definition) is 4. The third-order valence-electron chi connectivity index (χ3n) is 2.77. The van der Waals surface area contributed by atoms with Gasteiger partial charge in [0.1, 0.15) is 6.04 Å². The van der Waals surface area contributed by atoms with Crippen LogP contribution >= 0.6 is 0 Å². The van der Waals surface area contributed by atoms with Crippen LogP contribution in [0.25, 0.3) is 0 Å². The first kappa shape index (κ1) is 14.7. The van der Waals surface area contributed by atoms with E-state index < -0.39 is 24.1 Å². The first-order chi connectivity index (χ1) is 8.56. The van der Waals surface area contributed by atoms with Gasteiger partial charge in [-0.05, 0) is 13.3 Å². The number of amides is 2. The normalized spacial score (nSPS) is 23.1. The zero-order valence-corrected chi connectivity index (χ0v) is 10.5. The summed E-state index contributed by atoms with van der Waals surface area (Å²) in [6.45, 7) is 3.57. The average molecular weight is 260 g/mol. The number of urea groups is 1. The fourth-order valence-electron chi connectivity index (χ4n) is 1.89. The number of nitrogens with zero attached hydrogens (tertiary/aromatic N) is 1. The Morgan fingerprint density at radius 2 is 2.22 bits per heavy atom. The molecule has 1 rings (SSSR count). The molecule has 1 aliphatic heterocycles. The van der Waals surface area contributed by atoms with E-state index in [4.69, 9.17) is 9.84 Å². The fraction of sp³-hybridized carbons (Fsp3) is 0.818. The van der Waals surface area contributed by atoms with Gasteiger partial charge in [0.25, 0.3) is 0 Å². The molecule has 0 spiro atoms. The maximum absolute atomic E-state index is 11.7. The summed E-state index contributed by atoms with van der Waals surface area (Å²) in [6.07, 6.45) is -0.00430. The highest BCUT2D eigenvalue weighted by Gasteiger charge is 2.38. The van der Waals surface area contributed by atoms with Gasteiger partial charge in [-0.1, -0.05) is 0 Å². The SMILES string of the molecule is CCOCCCNC(=O)N1C[C@@H](O)C[C@H]1C(=O)O. The third kappa shape index (κ3) is 4.15. The van der Waals surface area contributed by atoms with Crippen molar-refractivity contribution in [1.82, 2.24) is 10.2 Å². The molecule has 0 unspecified atom stereocenters. The Balaban J connectivity index is 2.33. The smallest absolute Gasteiger partial charge is 0.326 e. The summed E-state index contributed by atoms with van der Waals surface area (Å²) >= 11 is 0. The number of carbonyl (C=O) groups excluding carboxylic acids is 1. The minimum Gasteiger partial charge on any atom is -0.480 e. The van der Waals surface area contributed by atoms with Crippen molar-refractivity contribution in [3.05, 3.63) is 0 Å². The van der Waals surface area contributed by atoms with E-state index in [0.29, 0.717) is 26.2 Å². The number of carbonyl (C=O) groups is 2. The second-order valence-corrected chi connectivity index (χ2v) is 4.18. The van der Waals surface area contributed by atoms with Crippen molar-refractivity contribution in [3.63, 3.8) is 0 Å². The molecule has 2 amide bonds. The predicted molar refractivity (Wildman–Crippen MR) is 63.3 cm³/mol. The highest BCUT2D eigenvalue weighted by molar-refractivity contribution is 5.83. The molecule has 1 heterocycles. The van der Waals surface area contributed by atoms with Gasteiger partial charge in [0, 0.05) is 32.7 Å². The second-order valence-electron chi connectivity index (χ2n) is 4.18. The largest absolute Gasteiger partial charge is 0.480 e. The maximum Gasteiger partial charge on any atom is 0.326 e. The summed E-state index contributed by atoms with van der Waals surface area (Å²) in [5, 5.41) is 21.0. The zero-order chi connectivity index (χ0) is 13.5. The van der Waals surface area contributed by atoms with Crippen molar-refractivity contribution >= 4 is 12.0 Å². The lowest BCUT2D eigenvalue weighted by Crippen LogP contribution is -2.46. The lowest BCUT2D eigenvalue weighted by Gasteiger charge is -2.21. The monoisotopic (exact) mass is 260 g/mol. The van der Waals surface area contributed by atoms with Gasteiger partial charge < -0.3 is 25.2 Å². The molecule has 0 aromatic carbocycles. The first-order valence-corrected chi connectivity index (χ1v) is 6.09. The molecule has 1 fully saturated rings. The summed E-state index contributed by atoms with van der Waals surface area (Å²) < 4.78 is 5.12. The third-order valence-corrected chi connectivity index (χ3v) is 2.77. The standard InChI is InChI=1S/C11H20N2O5/c1-2-18-5-3-4-12-11(17)13-7-8(14)6-9(13)10(15)16/h8-9,14H,2-7H2,1H3,(H,12,17)(H,15,16)/t8-,9-/m0/s1. The van der Waals surface area contributed by atoms with E-state index in [9.17, 15) is 14.7 Å². The molecule has 3 N–H and O–H groups in total. The quantitative estimate of drug-likeness (QED) is 0.566. The molecule has 2 atom stereocenters. The fourth-order valence-corrected chi connectivity index (χ4v) is 1.89. The number of rotatable bonds is 6. The number of carboxylic acid groups (broad SMARTS) is 1. The van der Waals surface area contributed by atoms with Crippen LogP contribution in [0, 0.1) is 0 Å². The van der Waals surface area contributed by atoms with Crippen LogP contribution in [-0.4, -0.2) is 65.6 Å². The number of ether oxygens (including phenoxy) is 1. The van der Waals surface area contributed by atoms with Gasteiger partial charge in [-0.15, -0.1) is 0 Å². The maximum atomic E-state index is 11.7. The minimum absolute atomic E-state index is 0.0638. The highest BCUT2D eigenvalue weighted by Crippen LogP contribution is 2.17. The topological polar surface area (TPSA) is 99.1 Å². The van der Waals surface area contributed by atoms with E-state index in [1.807, 2.05) is 6.92 Å². The molecule has 1 saturated heterocycles. The molecule has 0 aromatic heterocycles. The van der Waals surface area contributed by atoms with Crippen molar-refractivity contribution < 1.29 is 24.5 Å². The van der Waals surface area contributed by atoms with Gasteiger partial charge in [-0.25, -0.2) is 9.59 Å². The number of β-amino-alcohol motifs (C(OH)–C–C–N with tert-alkyl or cyclic N) is 1. The number of carboxylic acids is 1. The van der Waals surface area contributed by atoms with Crippen LogP contribution < -0.4 is 5.32 Å². The van der Waals surface area contributed by atoms with Crippen LogP contribution in [0.3, 0.4) is 0 Å². The minimum atomic E-state index is -1.09. The Labute approximate surface area is 106 Å². The molecule has 104 valence electrons. The van der Waals surface area contributed by atoms with Crippen LogP contribution in [0.5, 0.6) is 0 Å². The number of aliphatic hydroxyl groups excluding tert-OH is 1. The van der Waals surface area contributed by atoms with E-state index in [0.717, 1.165) is 4.90 Å². The average Bonchev–Trinajstić information content (AvgIpc) is 2.71. The lowest BCUT2D eigenvalue weighted by atomic mass is 10.2. The van der Waals surface area contributed by atoms with Crippen LogP contribution in [0.15, 0.2) is 0 Å². The van der Waals surface area contributed by atoms with Crippen LogP contribution in [0.1, 0.15) is 19.8 Å². The molecular formula is C11H20N2O5. The number of hydrogen-bond donors (Lipinski definition) is 3. The Morgan fingerprint density at radius 3 is 2.83 bits per heavy atom. The van der Waals surface area contributed by atoms with Crippen molar-refractivity contribution in [3.8, 4) is 0 Å². The molecule has 0 aliphatic carbocycles. The molecular weight excluding hydrogens is 240 g/mol. The number of nitrogens with one attached hydrogen (secondary N) is 1. The molecule has 7 nitrogen and oxygen atoms in total. The summed E-state index contributed by atoms with van der Waals surface area (Å²) in [5.41, 5.74) is 0. The lowest BCUT2D eigenvalue weighted by molar-refractivity contribution is -0.141. The molecule has 0 saturated carbocycles. The summed E-state index contributed by atoms with van der Waals surface area (Å²) in [7, 11) is 0. The van der Waals surface area contributed by atoms with E-state index in [1.54, 1.807) is 0 Å². The summed E-state index contributed by atoms with van der Waals surface area (Å²) in [4.78, 5) is 23.8. The van der Waals surface area contributed by atoms with Crippen molar-refractivity contribution in [2.75, 3.05) is 26.3 Å². The Bertz CT molecular complexity index is 297. The van der Waals surface area contributed by atoms with E-state index in [2.05, 4.69) is 5.32 Å². The van der Waals surface area contributed by atoms with Gasteiger partial charge in [-0.3, -0.25) is 0 Å². The van der Waals surface area contributed by atoms with Gasteiger partial charge in [0.05, 0.1) is 6.10 Å². The van der Waals surface area contributed by atoms with E-state index >= 15 is 0 Å². The molecule has 0 radical (unpaired) electrons. The van der Waals surface area contributed by atoms with Gasteiger partial charge >= 0.3 is 12.0 Å². The van der Waals surface area contributed by atoms with Crippen molar-refractivity contribution in [1.29, 1.82) is 0 Å². The molecule has 7 heteroatoms. The van der Waals surface area contributed by atoms with Crippen molar-refractivity contribution in [2.24, 2.45) is 0 Å². The molecule has 18 heavy (non-hydrogen) atoms. The molecule has 0 bridgehead atoms. The van der Waals surface area contributed by atoms with Crippen LogP contribution in [0.4, 0.5) is 4.79 Å². The summed E-state index contributed by atoms with van der Waals surface area (Å²) in [6, 6.07) is -1.39.